The fourth-order valence-electron chi connectivity index (χ4n) is 2.03. The van der Waals surface area contributed by atoms with Crippen molar-refractivity contribution in [1.82, 2.24) is 0 Å². The van der Waals surface area contributed by atoms with Gasteiger partial charge in [-0.2, -0.15) is 5.26 Å². The summed E-state index contributed by atoms with van der Waals surface area (Å²) in [6, 6.07) is 2.14. The number of nitrogens with zero attached hydrogens (tertiary/aromatic N) is 1. The standard InChI is InChI=1S/C10H15NO2/c1-13-10(12)9-5-3-2-4-8(9)6-7-11/h8-9H,2-6H2,1H3. The highest BCUT2D eigenvalue weighted by molar-refractivity contribution is 5.72. The van der Waals surface area contributed by atoms with Crippen LogP contribution in [0.2, 0.25) is 0 Å². The Morgan fingerprint density at radius 3 is 2.85 bits per heavy atom. The maximum atomic E-state index is 11.3. The predicted molar refractivity (Wildman–Crippen MR) is 47.7 cm³/mol. The van der Waals surface area contributed by atoms with Crippen molar-refractivity contribution in [3.63, 3.8) is 0 Å². The molecule has 2 atom stereocenters. The van der Waals surface area contributed by atoms with Crippen LogP contribution in [-0.2, 0) is 9.53 Å². The number of carbonyl (C=O) groups is 1. The van der Waals surface area contributed by atoms with E-state index >= 15 is 0 Å². The van der Waals surface area contributed by atoms with E-state index in [-0.39, 0.29) is 17.8 Å². The van der Waals surface area contributed by atoms with E-state index < -0.39 is 0 Å². The Balaban J connectivity index is 2.57. The van der Waals surface area contributed by atoms with Crippen LogP contribution in [0.15, 0.2) is 0 Å². The minimum atomic E-state index is -0.139. The van der Waals surface area contributed by atoms with Crippen LogP contribution in [0.3, 0.4) is 0 Å². The SMILES string of the molecule is COC(=O)C1CCCCC1CC#N. The summed E-state index contributed by atoms with van der Waals surface area (Å²) in [4.78, 5) is 11.3. The molecule has 0 heterocycles. The maximum Gasteiger partial charge on any atom is 0.308 e. The van der Waals surface area contributed by atoms with Gasteiger partial charge >= 0.3 is 5.97 Å². The molecule has 0 radical (unpaired) electrons. The second kappa shape index (κ2) is 4.86. The number of ether oxygens (including phenoxy) is 1. The van der Waals surface area contributed by atoms with Gasteiger partial charge in [-0.3, -0.25) is 4.79 Å². The van der Waals surface area contributed by atoms with Crippen molar-refractivity contribution in [2.75, 3.05) is 7.11 Å². The first-order valence-electron chi connectivity index (χ1n) is 4.74. The molecule has 1 aliphatic rings. The Kier molecular flexibility index (Phi) is 3.75. The molecule has 0 aromatic heterocycles. The molecule has 1 fully saturated rings. The van der Waals surface area contributed by atoms with Gasteiger partial charge in [0.1, 0.15) is 0 Å². The van der Waals surface area contributed by atoms with Crippen LogP contribution in [0.4, 0.5) is 0 Å². The van der Waals surface area contributed by atoms with Crippen LogP contribution in [0, 0.1) is 23.2 Å². The summed E-state index contributed by atoms with van der Waals surface area (Å²) in [5, 5.41) is 8.59. The molecular weight excluding hydrogens is 166 g/mol. The Morgan fingerprint density at radius 2 is 2.23 bits per heavy atom. The molecule has 3 nitrogen and oxygen atoms in total. The molecule has 0 aliphatic heterocycles. The number of rotatable bonds is 2. The van der Waals surface area contributed by atoms with E-state index in [0.717, 1.165) is 25.7 Å². The maximum absolute atomic E-state index is 11.3. The van der Waals surface area contributed by atoms with Crippen molar-refractivity contribution in [3.8, 4) is 6.07 Å². The average molecular weight is 181 g/mol. The van der Waals surface area contributed by atoms with Crippen molar-refractivity contribution < 1.29 is 9.53 Å². The second-order valence-corrected chi connectivity index (χ2v) is 3.54. The van der Waals surface area contributed by atoms with E-state index in [0.29, 0.717) is 6.42 Å². The minimum Gasteiger partial charge on any atom is -0.469 e. The number of hydrogen-bond acceptors (Lipinski definition) is 3. The lowest BCUT2D eigenvalue weighted by Gasteiger charge is -2.27. The lowest BCUT2D eigenvalue weighted by atomic mass is 9.78. The zero-order valence-electron chi connectivity index (χ0n) is 7.95. The third kappa shape index (κ3) is 2.45. The summed E-state index contributed by atoms with van der Waals surface area (Å²) in [6.07, 6.45) is 4.59. The normalized spacial score (nSPS) is 27.7. The van der Waals surface area contributed by atoms with E-state index in [1.807, 2.05) is 0 Å². The van der Waals surface area contributed by atoms with Crippen LogP contribution in [0.25, 0.3) is 0 Å². The largest absolute Gasteiger partial charge is 0.469 e. The van der Waals surface area contributed by atoms with Crippen molar-refractivity contribution in [2.24, 2.45) is 11.8 Å². The number of nitriles is 1. The van der Waals surface area contributed by atoms with Gasteiger partial charge in [0, 0.05) is 6.42 Å². The topological polar surface area (TPSA) is 50.1 Å². The molecule has 2 unspecified atom stereocenters. The van der Waals surface area contributed by atoms with Gasteiger partial charge in [-0.05, 0) is 18.8 Å². The van der Waals surface area contributed by atoms with Gasteiger partial charge in [0.05, 0.1) is 19.1 Å². The average Bonchev–Trinajstić information content (AvgIpc) is 2.18. The molecule has 72 valence electrons. The fraction of sp³-hybridized carbons (Fsp3) is 0.800. The van der Waals surface area contributed by atoms with Crippen LogP contribution in [0.5, 0.6) is 0 Å². The van der Waals surface area contributed by atoms with Crippen molar-refractivity contribution in [1.29, 1.82) is 5.26 Å². The first-order valence-corrected chi connectivity index (χ1v) is 4.74. The minimum absolute atomic E-state index is 0.0293. The molecule has 0 bridgehead atoms. The van der Waals surface area contributed by atoms with Gasteiger partial charge in [0.15, 0.2) is 0 Å². The molecule has 13 heavy (non-hydrogen) atoms. The number of methoxy groups -OCH3 is 1. The monoisotopic (exact) mass is 181 g/mol. The van der Waals surface area contributed by atoms with Crippen LogP contribution in [-0.4, -0.2) is 13.1 Å². The highest BCUT2D eigenvalue weighted by Gasteiger charge is 2.31. The van der Waals surface area contributed by atoms with E-state index in [4.69, 9.17) is 10.00 Å². The van der Waals surface area contributed by atoms with Crippen molar-refractivity contribution >= 4 is 5.97 Å². The predicted octanol–water partition coefficient (Wildman–Crippen LogP) is 1.88. The summed E-state index contributed by atoms with van der Waals surface area (Å²) in [5.74, 6) is 0.0598. The molecule has 1 rings (SSSR count). The molecule has 0 amide bonds. The van der Waals surface area contributed by atoms with E-state index in [2.05, 4.69) is 6.07 Å². The summed E-state index contributed by atoms with van der Waals surface area (Å²) < 4.78 is 4.72. The highest BCUT2D eigenvalue weighted by Crippen LogP contribution is 2.32. The van der Waals surface area contributed by atoms with E-state index in [1.54, 1.807) is 0 Å². The Labute approximate surface area is 78.7 Å². The van der Waals surface area contributed by atoms with E-state index in [1.165, 1.54) is 7.11 Å². The van der Waals surface area contributed by atoms with Gasteiger partial charge in [0.2, 0.25) is 0 Å². The van der Waals surface area contributed by atoms with Gasteiger partial charge in [-0.15, -0.1) is 0 Å². The molecule has 0 aromatic rings. The van der Waals surface area contributed by atoms with E-state index in [9.17, 15) is 4.79 Å². The molecule has 1 aliphatic carbocycles. The molecule has 0 spiro atoms. The summed E-state index contributed by atoms with van der Waals surface area (Å²) >= 11 is 0. The zero-order valence-corrected chi connectivity index (χ0v) is 7.95. The highest BCUT2D eigenvalue weighted by atomic mass is 16.5. The molecular formula is C10H15NO2. The van der Waals surface area contributed by atoms with Gasteiger partial charge in [0.25, 0.3) is 0 Å². The Hall–Kier alpha value is -1.04. The molecule has 0 saturated heterocycles. The van der Waals surface area contributed by atoms with Crippen LogP contribution < -0.4 is 0 Å². The molecule has 1 saturated carbocycles. The molecule has 0 N–H and O–H groups in total. The quantitative estimate of drug-likeness (QED) is 0.611. The van der Waals surface area contributed by atoms with Crippen molar-refractivity contribution in [2.45, 2.75) is 32.1 Å². The second-order valence-electron chi connectivity index (χ2n) is 3.54. The van der Waals surface area contributed by atoms with Crippen LogP contribution >= 0.6 is 0 Å². The number of carbonyl (C=O) groups excluding carboxylic acids is 1. The fourth-order valence-corrected chi connectivity index (χ4v) is 2.03. The smallest absolute Gasteiger partial charge is 0.308 e. The number of esters is 1. The lowest BCUT2D eigenvalue weighted by Crippen LogP contribution is -2.27. The molecule has 0 aromatic carbocycles. The first-order chi connectivity index (χ1) is 6.29. The summed E-state index contributed by atoms with van der Waals surface area (Å²) in [5.41, 5.74) is 0. The lowest BCUT2D eigenvalue weighted by molar-refractivity contribution is -0.148. The summed E-state index contributed by atoms with van der Waals surface area (Å²) in [7, 11) is 1.42. The Bertz CT molecular complexity index is 219. The van der Waals surface area contributed by atoms with Gasteiger partial charge in [-0.25, -0.2) is 0 Å². The third-order valence-electron chi connectivity index (χ3n) is 2.77. The molecule has 3 heteroatoms. The Morgan fingerprint density at radius 1 is 1.54 bits per heavy atom. The third-order valence-corrected chi connectivity index (χ3v) is 2.77. The number of hydrogen-bond donors (Lipinski definition) is 0. The summed E-state index contributed by atoms with van der Waals surface area (Å²) in [6.45, 7) is 0. The van der Waals surface area contributed by atoms with Gasteiger partial charge in [-0.1, -0.05) is 12.8 Å². The van der Waals surface area contributed by atoms with Gasteiger partial charge < -0.3 is 4.74 Å². The van der Waals surface area contributed by atoms with Crippen LogP contribution in [0.1, 0.15) is 32.1 Å². The first kappa shape index (κ1) is 10.0. The zero-order chi connectivity index (χ0) is 9.68. The van der Waals surface area contributed by atoms with Crippen molar-refractivity contribution in [3.05, 3.63) is 0 Å².